The minimum absolute atomic E-state index is 0.0907. The van der Waals surface area contributed by atoms with Crippen molar-refractivity contribution in [3.8, 4) is 0 Å². The van der Waals surface area contributed by atoms with E-state index in [0.717, 1.165) is 11.3 Å². The van der Waals surface area contributed by atoms with Crippen LogP contribution in [0.15, 0.2) is 30.4 Å². The van der Waals surface area contributed by atoms with Crippen LogP contribution in [0.4, 0.5) is 10.1 Å². The fraction of sp³-hybridized carbons (Fsp3) is 0.308. The predicted molar refractivity (Wildman–Crippen MR) is 70.1 cm³/mol. The van der Waals surface area contributed by atoms with Crippen molar-refractivity contribution in [1.82, 2.24) is 0 Å². The quantitative estimate of drug-likeness (QED) is 0.646. The van der Waals surface area contributed by atoms with Gasteiger partial charge in [0.15, 0.2) is 0 Å². The van der Waals surface area contributed by atoms with Gasteiger partial charge in [-0.25, -0.2) is 4.39 Å². The average Bonchev–Trinajstić information content (AvgIpc) is 2.32. The topological polar surface area (TPSA) is 20.3 Å². The van der Waals surface area contributed by atoms with Crippen molar-refractivity contribution < 1.29 is 9.18 Å². The highest BCUT2D eigenvalue weighted by atomic mass is 32.1. The summed E-state index contributed by atoms with van der Waals surface area (Å²) in [7, 11) is 0. The summed E-state index contributed by atoms with van der Waals surface area (Å²) in [5.74, 6) is 0.495. The van der Waals surface area contributed by atoms with Crippen LogP contribution < -0.4 is 4.90 Å². The van der Waals surface area contributed by atoms with Crippen molar-refractivity contribution in [2.75, 3.05) is 17.2 Å². The summed E-state index contributed by atoms with van der Waals surface area (Å²) < 4.78 is 13.1. The first-order valence-corrected chi connectivity index (χ1v) is 6.20. The van der Waals surface area contributed by atoms with Gasteiger partial charge in [-0.1, -0.05) is 12.2 Å². The number of carbonyl (C=O) groups is 1. The molecule has 90 valence electrons. The zero-order valence-electron chi connectivity index (χ0n) is 9.40. The van der Waals surface area contributed by atoms with E-state index >= 15 is 0 Å². The van der Waals surface area contributed by atoms with E-state index in [4.69, 9.17) is 0 Å². The molecule has 0 saturated carbocycles. The van der Waals surface area contributed by atoms with Crippen molar-refractivity contribution in [3.05, 3.63) is 41.7 Å². The lowest BCUT2D eigenvalue weighted by Crippen LogP contribution is -2.35. The second-order valence-corrected chi connectivity index (χ2v) is 4.30. The molecule has 0 radical (unpaired) electrons. The third kappa shape index (κ3) is 2.69. The summed E-state index contributed by atoms with van der Waals surface area (Å²) in [6, 6.07) is 4.58. The SMILES string of the molecule is O=C1CCc2cc(F)ccc2N1CC=CCS. The Bertz CT molecular complexity index is 459. The van der Waals surface area contributed by atoms with Gasteiger partial charge in [0.1, 0.15) is 5.82 Å². The van der Waals surface area contributed by atoms with E-state index in [2.05, 4.69) is 12.6 Å². The van der Waals surface area contributed by atoms with E-state index in [1.165, 1.54) is 12.1 Å². The largest absolute Gasteiger partial charge is 0.308 e. The molecule has 0 N–H and O–H groups in total. The molecule has 2 nitrogen and oxygen atoms in total. The van der Waals surface area contributed by atoms with Gasteiger partial charge in [0.2, 0.25) is 5.91 Å². The number of aryl methyl sites for hydroxylation is 1. The smallest absolute Gasteiger partial charge is 0.227 e. The van der Waals surface area contributed by atoms with Crippen molar-refractivity contribution in [1.29, 1.82) is 0 Å². The van der Waals surface area contributed by atoms with E-state index < -0.39 is 0 Å². The number of amides is 1. The van der Waals surface area contributed by atoms with Gasteiger partial charge >= 0.3 is 0 Å². The lowest BCUT2D eigenvalue weighted by atomic mass is 10.0. The molecule has 0 unspecified atom stereocenters. The van der Waals surface area contributed by atoms with Crippen LogP contribution in [-0.4, -0.2) is 18.2 Å². The van der Waals surface area contributed by atoms with Crippen LogP contribution in [0.1, 0.15) is 12.0 Å². The molecule has 1 aromatic carbocycles. The minimum Gasteiger partial charge on any atom is -0.308 e. The van der Waals surface area contributed by atoms with Gasteiger partial charge in [0.05, 0.1) is 0 Å². The molecular weight excluding hydrogens is 237 g/mol. The molecule has 4 heteroatoms. The number of hydrogen-bond donors (Lipinski definition) is 1. The summed E-state index contributed by atoms with van der Waals surface area (Å²) in [6.07, 6.45) is 4.88. The monoisotopic (exact) mass is 251 g/mol. The number of rotatable bonds is 3. The van der Waals surface area contributed by atoms with Gasteiger partial charge in [-0.15, -0.1) is 0 Å². The molecule has 0 bridgehead atoms. The highest BCUT2D eigenvalue weighted by molar-refractivity contribution is 7.80. The molecule has 0 atom stereocenters. The van der Waals surface area contributed by atoms with E-state index in [0.29, 0.717) is 25.1 Å². The first kappa shape index (κ1) is 12.2. The first-order chi connectivity index (χ1) is 8.22. The number of fused-ring (bicyclic) bond motifs is 1. The third-order valence-electron chi connectivity index (χ3n) is 2.80. The van der Waals surface area contributed by atoms with Crippen LogP contribution in [0.3, 0.4) is 0 Å². The maximum Gasteiger partial charge on any atom is 0.227 e. The Labute approximate surface area is 106 Å². The van der Waals surface area contributed by atoms with E-state index in [9.17, 15) is 9.18 Å². The fourth-order valence-corrected chi connectivity index (χ4v) is 2.13. The predicted octanol–water partition coefficient (Wildman–Crippen LogP) is 2.59. The Balaban J connectivity index is 2.27. The number of anilines is 1. The zero-order valence-corrected chi connectivity index (χ0v) is 10.3. The van der Waals surface area contributed by atoms with Gasteiger partial charge in [-0.3, -0.25) is 4.79 Å². The zero-order chi connectivity index (χ0) is 12.3. The average molecular weight is 251 g/mol. The second-order valence-electron chi connectivity index (χ2n) is 3.93. The highest BCUT2D eigenvalue weighted by Gasteiger charge is 2.23. The lowest BCUT2D eigenvalue weighted by molar-refractivity contribution is -0.118. The maximum atomic E-state index is 13.1. The van der Waals surface area contributed by atoms with Gasteiger partial charge in [0.25, 0.3) is 0 Å². The summed E-state index contributed by atoms with van der Waals surface area (Å²) in [5, 5.41) is 0. The number of halogens is 1. The van der Waals surface area contributed by atoms with Crippen LogP contribution in [0.2, 0.25) is 0 Å². The summed E-state index contributed by atoms with van der Waals surface area (Å²) in [6.45, 7) is 0.526. The van der Waals surface area contributed by atoms with E-state index in [1.807, 2.05) is 12.2 Å². The maximum absolute atomic E-state index is 13.1. The minimum atomic E-state index is -0.246. The Kier molecular flexibility index (Phi) is 3.84. The standard InChI is InChI=1S/C13H14FNOS/c14-11-4-5-12-10(9-11)3-6-13(16)15(12)7-1-2-8-17/h1-2,4-5,9,17H,3,6-8H2. The van der Waals surface area contributed by atoms with E-state index in [1.54, 1.807) is 11.0 Å². The van der Waals surface area contributed by atoms with Crippen molar-refractivity contribution in [2.45, 2.75) is 12.8 Å². The van der Waals surface area contributed by atoms with Crippen LogP contribution in [-0.2, 0) is 11.2 Å². The van der Waals surface area contributed by atoms with Crippen LogP contribution >= 0.6 is 12.6 Å². The summed E-state index contributed by atoms with van der Waals surface area (Å²) >= 11 is 4.07. The molecule has 2 rings (SSSR count). The Hall–Kier alpha value is -1.29. The first-order valence-electron chi connectivity index (χ1n) is 5.57. The third-order valence-corrected chi connectivity index (χ3v) is 3.01. The van der Waals surface area contributed by atoms with Gasteiger partial charge < -0.3 is 4.90 Å². The molecule has 0 saturated heterocycles. The molecule has 0 spiro atoms. The number of carbonyl (C=O) groups excluding carboxylic acids is 1. The van der Waals surface area contributed by atoms with Gasteiger partial charge in [-0.05, 0) is 30.2 Å². The molecule has 1 amide bonds. The van der Waals surface area contributed by atoms with Crippen molar-refractivity contribution >= 4 is 24.2 Å². The highest BCUT2D eigenvalue weighted by Crippen LogP contribution is 2.28. The van der Waals surface area contributed by atoms with Gasteiger partial charge in [0, 0.05) is 24.4 Å². The Morgan fingerprint density at radius 1 is 1.35 bits per heavy atom. The van der Waals surface area contributed by atoms with Crippen LogP contribution in [0.5, 0.6) is 0 Å². The summed E-state index contributed by atoms with van der Waals surface area (Å²) in [4.78, 5) is 13.5. The molecule has 0 aromatic heterocycles. The molecule has 0 fully saturated rings. The molecule has 1 aliphatic heterocycles. The molecule has 17 heavy (non-hydrogen) atoms. The van der Waals surface area contributed by atoms with Crippen molar-refractivity contribution in [3.63, 3.8) is 0 Å². The van der Waals surface area contributed by atoms with Crippen LogP contribution in [0.25, 0.3) is 0 Å². The second kappa shape index (κ2) is 5.36. The molecule has 1 aliphatic rings. The fourth-order valence-electron chi connectivity index (χ4n) is 1.98. The van der Waals surface area contributed by atoms with Crippen molar-refractivity contribution in [2.24, 2.45) is 0 Å². The number of thiol groups is 1. The number of benzene rings is 1. The molecule has 0 aliphatic carbocycles. The molecular formula is C13H14FNOS. The normalized spacial score (nSPS) is 15.4. The Morgan fingerprint density at radius 3 is 2.94 bits per heavy atom. The summed E-state index contributed by atoms with van der Waals surface area (Å²) in [5.41, 5.74) is 1.73. The van der Waals surface area contributed by atoms with Crippen LogP contribution in [0, 0.1) is 5.82 Å². The van der Waals surface area contributed by atoms with Gasteiger partial charge in [-0.2, -0.15) is 12.6 Å². The number of hydrogen-bond acceptors (Lipinski definition) is 2. The number of nitrogens with zero attached hydrogens (tertiary/aromatic N) is 1. The Morgan fingerprint density at radius 2 is 2.18 bits per heavy atom. The molecule has 1 heterocycles. The van der Waals surface area contributed by atoms with E-state index in [-0.39, 0.29) is 11.7 Å². The molecule has 1 aromatic rings. The lowest BCUT2D eigenvalue weighted by Gasteiger charge is -2.28.